The summed E-state index contributed by atoms with van der Waals surface area (Å²) in [7, 11) is 7.04. The maximum atomic E-state index is 11.8. The molecule has 0 atom stereocenters. The van der Waals surface area contributed by atoms with E-state index >= 15 is 0 Å². The lowest BCUT2D eigenvalue weighted by Gasteiger charge is -2.23. The molecule has 0 aliphatic rings. The van der Waals surface area contributed by atoms with Gasteiger partial charge < -0.3 is 24.6 Å². The second-order valence-corrected chi connectivity index (χ2v) is 6.15. The maximum Gasteiger partial charge on any atom is 0.243 e. The Morgan fingerprint density at radius 2 is 1.81 bits per heavy atom. The van der Waals surface area contributed by atoms with E-state index in [1.165, 1.54) is 0 Å². The zero-order chi connectivity index (χ0) is 19.4. The van der Waals surface area contributed by atoms with Crippen molar-refractivity contribution < 1.29 is 14.3 Å². The summed E-state index contributed by atoms with van der Waals surface area (Å²) in [4.78, 5) is 19.7. The second-order valence-electron chi connectivity index (χ2n) is 6.15. The smallest absolute Gasteiger partial charge is 0.243 e. The molecule has 1 rings (SSSR count). The number of aliphatic imine (C=N–C) groups is 1. The molecule has 0 saturated carbocycles. The van der Waals surface area contributed by atoms with Gasteiger partial charge in [-0.05, 0) is 30.7 Å². The van der Waals surface area contributed by atoms with Crippen LogP contribution in [0.15, 0.2) is 29.3 Å². The van der Waals surface area contributed by atoms with Crippen LogP contribution in [0, 0.1) is 0 Å². The number of carbonyl (C=O) groups excluding carboxylic acids is 1. The molecule has 1 N–H and O–H groups in total. The predicted molar refractivity (Wildman–Crippen MR) is 105 cm³/mol. The number of ether oxygens (including phenoxy) is 2. The van der Waals surface area contributed by atoms with Gasteiger partial charge in [-0.15, -0.1) is 0 Å². The summed E-state index contributed by atoms with van der Waals surface area (Å²) in [5, 5.41) is 3.31. The SMILES string of the molecule is CCCCNC(=NCC(=O)N(C)C)N(C)CCOc1ccc(OC)cc1. The Kier molecular flexibility index (Phi) is 9.97. The zero-order valence-corrected chi connectivity index (χ0v) is 16.6. The van der Waals surface area contributed by atoms with Gasteiger partial charge in [-0.2, -0.15) is 0 Å². The van der Waals surface area contributed by atoms with Crippen LogP contribution < -0.4 is 14.8 Å². The lowest BCUT2D eigenvalue weighted by Crippen LogP contribution is -2.42. The van der Waals surface area contributed by atoms with Gasteiger partial charge in [0.05, 0.1) is 13.7 Å². The molecule has 0 aromatic heterocycles. The van der Waals surface area contributed by atoms with E-state index in [0.717, 1.165) is 30.9 Å². The molecular formula is C19H32N4O3. The van der Waals surface area contributed by atoms with Crippen LogP contribution in [0.25, 0.3) is 0 Å². The molecule has 1 aromatic rings. The number of nitrogens with one attached hydrogen (secondary N) is 1. The number of likely N-dealkylation sites (N-methyl/N-ethyl adjacent to an activating group) is 2. The van der Waals surface area contributed by atoms with Crippen LogP contribution in [0.2, 0.25) is 0 Å². The van der Waals surface area contributed by atoms with E-state index in [-0.39, 0.29) is 12.5 Å². The van der Waals surface area contributed by atoms with E-state index in [0.29, 0.717) is 19.1 Å². The first-order valence-corrected chi connectivity index (χ1v) is 8.94. The van der Waals surface area contributed by atoms with Crippen molar-refractivity contribution >= 4 is 11.9 Å². The summed E-state index contributed by atoms with van der Waals surface area (Å²) in [5.74, 6) is 2.28. The van der Waals surface area contributed by atoms with Crippen molar-refractivity contribution in [2.45, 2.75) is 19.8 Å². The van der Waals surface area contributed by atoms with Crippen LogP contribution in [-0.2, 0) is 4.79 Å². The minimum absolute atomic E-state index is 0.0253. The maximum absolute atomic E-state index is 11.8. The van der Waals surface area contributed by atoms with Crippen LogP contribution in [0.4, 0.5) is 0 Å². The normalized spacial score (nSPS) is 11.0. The fourth-order valence-corrected chi connectivity index (χ4v) is 2.05. The Hall–Kier alpha value is -2.44. The van der Waals surface area contributed by atoms with E-state index in [2.05, 4.69) is 17.2 Å². The third kappa shape index (κ3) is 8.09. The summed E-state index contributed by atoms with van der Waals surface area (Å²) < 4.78 is 10.9. The monoisotopic (exact) mass is 364 g/mol. The molecule has 0 bridgehead atoms. The Morgan fingerprint density at radius 1 is 1.15 bits per heavy atom. The van der Waals surface area contributed by atoms with E-state index < -0.39 is 0 Å². The van der Waals surface area contributed by atoms with Gasteiger partial charge in [0.2, 0.25) is 5.91 Å². The molecule has 1 amide bonds. The topological polar surface area (TPSA) is 66.4 Å². The number of hydrogen-bond acceptors (Lipinski definition) is 4. The molecule has 7 heteroatoms. The van der Waals surface area contributed by atoms with Crippen molar-refractivity contribution in [1.82, 2.24) is 15.1 Å². The zero-order valence-electron chi connectivity index (χ0n) is 16.6. The molecule has 146 valence electrons. The average molecular weight is 364 g/mol. The van der Waals surface area contributed by atoms with Crippen molar-refractivity contribution in [3.63, 3.8) is 0 Å². The molecule has 0 aliphatic heterocycles. The van der Waals surface area contributed by atoms with Gasteiger partial charge >= 0.3 is 0 Å². The summed E-state index contributed by atoms with van der Waals surface area (Å²) in [6.07, 6.45) is 2.15. The fourth-order valence-electron chi connectivity index (χ4n) is 2.05. The second kappa shape index (κ2) is 12.0. The van der Waals surface area contributed by atoms with Gasteiger partial charge in [-0.1, -0.05) is 13.3 Å². The number of benzene rings is 1. The number of rotatable bonds is 10. The molecule has 0 aliphatic carbocycles. The fraction of sp³-hybridized carbons (Fsp3) is 0.579. The van der Waals surface area contributed by atoms with E-state index in [9.17, 15) is 4.79 Å². The predicted octanol–water partition coefficient (Wildman–Crippen LogP) is 1.84. The lowest BCUT2D eigenvalue weighted by molar-refractivity contribution is -0.127. The highest BCUT2D eigenvalue weighted by atomic mass is 16.5. The first-order chi connectivity index (χ1) is 12.5. The minimum Gasteiger partial charge on any atom is -0.497 e. The highest BCUT2D eigenvalue weighted by molar-refractivity contribution is 5.84. The first-order valence-electron chi connectivity index (χ1n) is 8.94. The third-order valence-corrected chi connectivity index (χ3v) is 3.79. The quantitative estimate of drug-likeness (QED) is 0.390. The molecule has 0 radical (unpaired) electrons. The van der Waals surface area contributed by atoms with Crippen molar-refractivity contribution in [3.8, 4) is 11.5 Å². The molecule has 1 aromatic carbocycles. The largest absolute Gasteiger partial charge is 0.497 e. The first kappa shape index (κ1) is 21.6. The molecule has 0 spiro atoms. The van der Waals surface area contributed by atoms with E-state index in [1.54, 1.807) is 26.1 Å². The van der Waals surface area contributed by atoms with Gasteiger partial charge in [0.1, 0.15) is 24.7 Å². The molecule has 0 fully saturated rings. The number of carbonyl (C=O) groups is 1. The lowest BCUT2D eigenvalue weighted by atomic mass is 10.3. The number of nitrogens with zero attached hydrogens (tertiary/aromatic N) is 3. The van der Waals surface area contributed by atoms with E-state index in [4.69, 9.17) is 9.47 Å². The Balaban J connectivity index is 2.55. The number of hydrogen-bond donors (Lipinski definition) is 1. The number of unbranched alkanes of at least 4 members (excludes halogenated alkanes) is 1. The molecular weight excluding hydrogens is 332 g/mol. The number of amides is 1. The Bertz CT molecular complexity index is 558. The summed E-state index contributed by atoms with van der Waals surface area (Å²) in [6, 6.07) is 7.49. The van der Waals surface area contributed by atoms with Crippen molar-refractivity contribution in [1.29, 1.82) is 0 Å². The van der Waals surface area contributed by atoms with Crippen LogP contribution in [0.5, 0.6) is 11.5 Å². The summed E-state index contributed by atoms with van der Waals surface area (Å²) >= 11 is 0. The molecule has 26 heavy (non-hydrogen) atoms. The van der Waals surface area contributed by atoms with Gasteiger partial charge in [0, 0.05) is 27.7 Å². The standard InChI is InChI=1S/C19H32N4O3/c1-6-7-12-20-19(21-15-18(24)22(2)3)23(4)13-14-26-17-10-8-16(25-5)9-11-17/h8-11H,6-7,12-15H2,1-5H3,(H,20,21). The molecule has 0 unspecified atom stereocenters. The highest BCUT2D eigenvalue weighted by Crippen LogP contribution is 2.16. The van der Waals surface area contributed by atoms with Gasteiger partial charge in [0.25, 0.3) is 0 Å². The van der Waals surface area contributed by atoms with Gasteiger partial charge in [0.15, 0.2) is 5.96 Å². The molecule has 0 heterocycles. The van der Waals surface area contributed by atoms with Gasteiger partial charge in [-0.25, -0.2) is 4.99 Å². The van der Waals surface area contributed by atoms with Crippen LogP contribution >= 0.6 is 0 Å². The Morgan fingerprint density at radius 3 is 2.38 bits per heavy atom. The van der Waals surface area contributed by atoms with Crippen LogP contribution in [0.1, 0.15) is 19.8 Å². The van der Waals surface area contributed by atoms with Crippen LogP contribution in [-0.4, -0.2) is 76.2 Å². The number of guanidine groups is 1. The highest BCUT2D eigenvalue weighted by Gasteiger charge is 2.09. The number of methoxy groups -OCH3 is 1. The summed E-state index contributed by atoms with van der Waals surface area (Å²) in [5.41, 5.74) is 0. The molecule has 0 saturated heterocycles. The van der Waals surface area contributed by atoms with Crippen molar-refractivity contribution in [2.24, 2.45) is 4.99 Å². The van der Waals surface area contributed by atoms with Gasteiger partial charge in [-0.3, -0.25) is 4.79 Å². The van der Waals surface area contributed by atoms with Crippen molar-refractivity contribution in [3.05, 3.63) is 24.3 Å². The third-order valence-electron chi connectivity index (χ3n) is 3.79. The van der Waals surface area contributed by atoms with Crippen molar-refractivity contribution in [2.75, 3.05) is 54.5 Å². The Labute approximate surface area is 157 Å². The van der Waals surface area contributed by atoms with E-state index in [1.807, 2.05) is 36.2 Å². The average Bonchev–Trinajstić information content (AvgIpc) is 2.64. The minimum atomic E-state index is -0.0253. The summed E-state index contributed by atoms with van der Waals surface area (Å²) in [6.45, 7) is 4.26. The van der Waals surface area contributed by atoms with Crippen LogP contribution in [0.3, 0.4) is 0 Å². The molecule has 7 nitrogen and oxygen atoms in total.